The molecule has 53 heavy (non-hydrogen) atoms. The number of fused-ring (bicyclic) bond motifs is 9. The highest BCUT2D eigenvalue weighted by molar-refractivity contribution is 7.26. The number of benzene rings is 8. The summed E-state index contributed by atoms with van der Waals surface area (Å²) in [5.41, 5.74) is 15.6. The molecule has 2 heterocycles. The average Bonchev–Trinajstić information content (AvgIpc) is 3.77. The molecule has 0 radical (unpaired) electrons. The smallest absolute Gasteiger partial charge is 0.0541 e. The third-order valence-electron chi connectivity index (χ3n) is 11.6. The van der Waals surface area contributed by atoms with Crippen molar-refractivity contribution in [3.05, 3.63) is 199 Å². The highest BCUT2D eigenvalue weighted by atomic mass is 32.1. The fraction of sp³-hybridized carbons (Fsp3) is 0.0588. The minimum absolute atomic E-state index is 0.214. The Morgan fingerprint density at radius 2 is 1.09 bits per heavy atom. The van der Waals surface area contributed by atoms with Gasteiger partial charge in [-0.1, -0.05) is 140 Å². The van der Waals surface area contributed by atoms with E-state index in [2.05, 4.69) is 193 Å². The SMILES string of the molecule is CC1c2cc(-c3ccc4c(c3)c3ccccc3n4-c3ccccc3)ccc2-c2ccccc2C1c1cc(-c2ccccc2)c2sc3ccccc3c2c1. The van der Waals surface area contributed by atoms with Crippen molar-refractivity contribution in [2.45, 2.75) is 18.8 Å². The standard InChI is InChI=1S/C51H35NS/c1-32-43-28-34(35-25-27-48-45(29-35)40-19-10-12-22-47(40)52(48)37-16-6-3-7-17-37)24-26-39(43)38-18-8-9-21-42(38)50(32)36-30-44(33-14-4-2-5-15-33)51-46(31-36)41-20-11-13-23-49(41)53-51/h2-32,50H,1H3. The Hall–Kier alpha value is -6.22. The lowest BCUT2D eigenvalue weighted by molar-refractivity contribution is 0.650. The third kappa shape index (κ3) is 4.69. The van der Waals surface area contributed by atoms with Crippen LogP contribution in [-0.4, -0.2) is 4.57 Å². The highest BCUT2D eigenvalue weighted by Gasteiger charge is 2.33. The first-order valence-corrected chi connectivity index (χ1v) is 19.4. The molecule has 2 atom stereocenters. The Kier molecular flexibility index (Phi) is 6.84. The second-order valence-corrected chi connectivity index (χ2v) is 15.5. The van der Waals surface area contributed by atoms with Crippen molar-refractivity contribution in [3.63, 3.8) is 0 Å². The second-order valence-electron chi connectivity index (χ2n) is 14.5. The van der Waals surface area contributed by atoms with Gasteiger partial charge in [-0.05, 0) is 105 Å². The largest absolute Gasteiger partial charge is 0.309 e. The van der Waals surface area contributed by atoms with E-state index in [1.807, 2.05) is 11.3 Å². The zero-order valence-corrected chi connectivity index (χ0v) is 30.1. The van der Waals surface area contributed by atoms with Crippen molar-refractivity contribution in [1.82, 2.24) is 4.57 Å². The summed E-state index contributed by atoms with van der Waals surface area (Å²) in [5, 5.41) is 5.25. The molecular formula is C51H35NS. The molecule has 0 aliphatic heterocycles. The number of para-hydroxylation sites is 2. The second kappa shape index (κ2) is 11.9. The van der Waals surface area contributed by atoms with Gasteiger partial charge in [0.1, 0.15) is 0 Å². The Labute approximate surface area is 313 Å². The molecule has 0 bridgehead atoms. The molecule has 11 rings (SSSR count). The lowest BCUT2D eigenvalue weighted by Gasteiger charge is -2.35. The molecule has 10 aromatic rings. The predicted octanol–water partition coefficient (Wildman–Crippen LogP) is 14.4. The van der Waals surface area contributed by atoms with Gasteiger partial charge in [0.05, 0.1) is 11.0 Å². The van der Waals surface area contributed by atoms with Crippen LogP contribution in [0.15, 0.2) is 182 Å². The van der Waals surface area contributed by atoms with Crippen LogP contribution in [0.4, 0.5) is 0 Å². The lowest BCUT2D eigenvalue weighted by atomic mass is 9.69. The number of rotatable bonds is 4. The van der Waals surface area contributed by atoms with E-state index in [0.717, 1.165) is 0 Å². The third-order valence-corrected chi connectivity index (χ3v) is 12.8. The molecule has 0 saturated heterocycles. The normalized spacial score (nSPS) is 15.3. The average molecular weight is 694 g/mol. The summed E-state index contributed by atoms with van der Waals surface area (Å²) in [7, 11) is 0. The predicted molar refractivity (Wildman–Crippen MR) is 227 cm³/mol. The van der Waals surface area contributed by atoms with E-state index >= 15 is 0 Å². The molecule has 2 aromatic heterocycles. The molecule has 8 aromatic carbocycles. The minimum Gasteiger partial charge on any atom is -0.309 e. The summed E-state index contributed by atoms with van der Waals surface area (Å²) in [4.78, 5) is 0. The first kappa shape index (κ1) is 30.4. The van der Waals surface area contributed by atoms with Gasteiger partial charge in [-0.2, -0.15) is 0 Å². The zero-order valence-electron chi connectivity index (χ0n) is 29.3. The van der Waals surface area contributed by atoms with Crippen molar-refractivity contribution < 1.29 is 0 Å². The van der Waals surface area contributed by atoms with Gasteiger partial charge in [-0.3, -0.25) is 0 Å². The molecule has 0 saturated carbocycles. The maximum atomic E-state index is 2.50. The van der Waals surface area contributed by atoms with Crippen LogP contribution >= 0.6 is 11.3 Å². The summed E-state index contributed by atoms with van der Waals surface area (Å²) < 4.78 is 5.10. The topological polar surface area (TPSA) is 4.93 Å². The van der Waals surface area contributed by atoms with Crippen molar-refractivity contribution >= 4 is 53.3 Å². The Morgan fingerprint density at radius 1 is 0.434 bits per heavy atom. The van der Waals surface area contributed by atoms with Crippen LogP contribution in [-0.2, 0) is 0 Å². The summed E-state index contributed by atoms with van der Waals surface area (Å²) in [6, 6.07) is 67.7. The molecule has 0 fully saturated rings. The molecule has 0 N–H and O–H groups in total. The van der Waals surface area contributed by atoms with Crippen LogP contribution in [0.5, 0.6) is 0 Å². The first-order chi connectivity index (χ1) is 26.2. The number of hydrogen-bond donors (Lipinski definition) is 0. The summed E-state index contributed by atoms with van der Waals surface area (Å²) in [6.07, 6.45) is 0. The summed E-state index contributed by atoms with van der Waals surface area (Å²) in [6.45, 7) is 2.44. The van der Waals surface area contributed by atoms with Crippen LogP contribution < -0.4 is 0 Å². The van der Waals surface area contributed by atoms with E-state index in [0.29, 0.717) is 0 Å². The Balaban J connectivity index is 1.09. The fourth-order valence-electron chi connectivity index (χ4n) is 9.16. The van der Waals surface area contributed by atoms with Gasteiger partial charge < -0.3 is 4.57 Å². The quantitative estimate of drug-likeness (QED) is 0.173. The molecule has 1 nitrogen and oxygen atoms in total. The van der Waals surface area contributed by atoms with Gasteiger partial charge in [0.15, 0.2) is 0 Å². The van der Waals surface area contributed by atoms with Gasteiger partial charge in [0.2, 0.25) is 0 Å². The van der Waals surface area contributed by atoms with E-state index < -0.39 is 0 Å². The number of aromatic nitrogens is 1. The van der Waals surface area contributed by atoms with E-state index in [1.54, 1.807) is 0 Å². The number of nitrogens with zero attached hydrogens (tertiary/aromatic N) is 1. The van der Waals surface area contributed by atoms with Gasteiger partial charge in [0.25, 0.3) is 0 Å². The van der Waals surface area contributed by atoms with Crippen LogP contribution in [0, 0.1) is 0 Å². The fourth-order valence-corrected chi connectivity index (χ4v) is 10.4. The van der Waals surface area contributed by atoms with Gasteiger partial charge in [0, 0.05) is 42.6 Å². The zero-order chi connectivity index (χ0) is 35.0. The molecule has 1 aliphatic carbocycles. The van der Waals surface area contributed by atoms with Gasteiger partial charge in [-0.25, -0.2) is 0 Å². The monoisotopic (exact) mass is 693 g/mol. The molecule has 1 aliphatic rings. The van der Waals surface area contributed by atoms with Crippen molar-refractivity contribution in [1.29, 1.82) is 0 Å². The van der Waals surface area contributed by atoms with Crippen LogP contribution in [0.1, 0.15) is 35.4 Å². The molecular weight excluding hydrogens is 659 g/mol. The van der Waals surface area contributed by atoms with E-state index in [9.17, 15) is 0 Å². The van der Waals surface area contributed by atoms with Crippen molar-refractivity contribution in [2.24, 2.45) is 0 Å². The number of hydrogen-bond acceptors (Lipinski definition) is 1. The van der Waals surface area contributed by atoms with E-state index in [1.165, 1.54) is 97.7 Å². The Morgan fingerprint density at radius 3 is 1.96 bits per heavy atom. The van der Waals surface area contributed by atoms with Gasteiger partial charge >= 0.3 is 0 Å². The highest BCUT2D eigenvalue weighted by Crippen LogP contribution is 2.52. The maximum absolute atomic E-state index is 2.50. The van der Waals surface area contributed by atoms with Crippen LogP contribution in [0.3, 0.4) is 0 Å². The molecule has 0 amide bonds. The van der Waals surface area contributed by atoms with E-state index in [4.69, 9.17) is 0 Å². The minimum atomic E-state index is 0.214. The lowest BCUT2D eigenvalue weighted by Crippen LogP contribution is -2.17. The van der Waals surface area contributed by atoms with Crippen LogP contribution in [0.2, 0.25) is 0 Å². The van der Waals surface area contributed by atoms with E-state index in [-0.39, 0.29) is 11.8 Å². The Bertz CT molecular complexity index is 3020. The van der Waals surface area contributed by atoms with Crippen LogP contribution in [0.25, 0.3) is 81.0 Å². The van der Waals surface area contributed by atoms with Crippen molar-refractivity contribution in [2.75, 3.05) is 0 Å². The molecule has 2 heteroatoms. The molecule has 0 spiro atoms. The number of thiophene rings is 1. The van der Waals surface area contributed by atoms with Crippen molar-refractivity contribution in [3.8, 4) is 39.1 Å². The molecule has 2 unspecified atom stereocenters. The summed E-state index contributed by atoms with van der Waals surface area (Å²) >= 11 is 1.91. The molecule has 250 valence electrons. The first-order valence-electron chi connectivity index (χ1n) is 18.5. The summed E-state index contributed by atoms with van der Waals surface area (Å²) in [5.74, 6) is 0.486. The van der Waals surface area contributed by atoms with Gasteiger partial charge in [-0.15, -0.1) is 11.3 Å². The maximum Gasteiger partial charge on any atom is 0.0541 e.